The Balaban J connectivity index is 2.49. The molecule has 1 unspecified atom stereocenters. The Kier molecular flexibility index (Phi) is 5.28. The lowest BCUT2D eigenvalue weighted by molar-refractivity contribution is 0.173. The third-order valence-corrected chi connectivity index (χ3v) is 2.61. The van der Waals surface area contributed by atoms with Crippen molar-refractivity contribution < 1.29 is 9.53 Å². The Labute approximate surface area is 103 Å². The molecule has 88 valence electrons. The molecule has 0 spiro atoms. The van der Waals surface area contributed by atoms with Crippen LogP contribution in [0.4, 0.5) is 10.5 Å². The van der Waals surface area contributed by atoms with E-state index in [1.165, 1.54) is 0 Å². The van der Waals surface area contributed by atoms with Crippen molar-refractivity contribution in [2.75, 3.05) is 19.0 Å². The van der Waals surface area contributed by atoms with Crippen LogP contribution in [0.2, 0.25) is 0 Å². The van der Waals surface area contributed by atoms with Gasteiger partial charge in [0.25, 0.3) is 0 Å². The number of urea groups is 1. The summed E-state index contributed by atoms with van der Waals surface area (Å²) < 4.78 is 5.78. The number of anilines is 1. The van der Waals surface area contributed by atoms with Crippen LogP contribution in [-0.2, 0) is 4.74 Å². The summed E-state index contributed by atoms with van der Waals surface area (Å²) in [6, 6.07) is 7.18. The number of methoxy groups -OCH3 is 1. The fourth-order valence-electron chi connectivity index (χ4n) is 1.24. The number of rotatable bonds is 4. The Bertz CT molecular complexity index is 358. The fourth-order valence-corrected chi connectivity index (χ4v) is 1.62. The van der Waals surface area contributed by atoms with Crippen molar-refractivity contribution in [1.82, 2.24) is 5.32 Å². The van der Waals surface area contributed by atoms with Gasteiger partial charge in [-0.1, -0.05) is 12.1 Å². The molecule has 4 nitrogen and oxygen atoms in total. The summed E-state index contributed by atoms with van der Waals surface area (Å²) in [5.41, 5.74) is 0.740. The van der Waals surface area contributed by atoms with E-state index in [0.29, 0.717) is 6.61 Å². The normalized spacial score (nSPS) is 11.9. The number of carbonyl (C=O) groups excluding carboxylic acids is 1. The number of amides is 2. The largest absolute Gasteiger partial charge is 0.383 e. The molecule has 0 saturated heterocycles. The molecular formula is C11H15BrN2O2. The topological polar surface area (TPSA) is 50.4 Å². The van der Waals surface area contributed by atoms with Crippen LogP contribution in [0.1, 0.15) is 6.92 Å². The third-order valence-electron chi connectivity index (χ3n) is 1.92. The number of carbonyl (C=O) groups is 1. The average Bonchev–Trinajstić information content (AvgIpc) is 2.21. The van der Waals surface area contributed by atoms with Crippen molar-refractivity contribution in [3.8, 4) is 0 Å². The Hall–Kier alpha value is -1.07. The highest BCUT2D eigenvalue weighted by atomic mass is 79.9. The number of benzene rings is 1. The number of halogens is 1. The molecule has 1 atom stereocenters. The van der Waals surface area contributed by atoms with Gasteiger partial charge >= 0.3 is 6.03 Å². The van der Waals surface area contributed by atoms with Crippen LogP contribution >= 0.6 is 15.9 Å². The molecule has 0 saturated carbocycles. The van der Waals surface area contributed by atoms with E-state index in [4.69, 9.17) is 4.74 Å². The molecule has 0 fully saturated rings. The molecule has 1 aromatic rings. The van der Waals surface area contributed by atoms with Gasteiger partial charge in [0.1, 0.15) is 0 Å². The first-order chi connectivity index (χ1) is 7.63. The van der Waals surface area contributed by atoms with E-state index in [-0.39, 0.29) is 12.1 Å². The molecule has 0 aliphatic heterocycles. The first-order valence-corrected chi connectivity index (χ1v) is 5.73. The standard InChI is InChI=1S/C11H15BrN2O2/c1-8(7-16-2)13-11(15)14-10-6-4-3-5-9(10)12/h3-6,8H,7H2,1-2H3,(H2,13,14,15). The molecule has 1 rings (SSSR count). The highest BCUT2D eigenvalue weighted by Gasteiger charge is 2.07. The molecule has 0 aromatic heterocycles. The van der Waals surface area contributed by atoms with Crippen LogP contribution in [0.15, 0.2) is 28.7 Å². The zero-order valence-electron chi connectivity index (χ0n) is 9.29. The number of ether oxygens (including phenoxy) is 1. The van der Waals surface area contributed by atoms with Gasteiger partial charge in [0.05, 0.1) is 18.3 Å². The van der Waals surface area contributed by atoms with Gasteiger partial charge in [-0.05, 0) is 35.0 Å². The summed E-state index contributed by atoms with van der Waals surface area (Å²) in [7, 11) is 1.60. The van der Waals surface area contributed by atoms with Crippen molar-refractivity contribution >= 4 is 27.6 Å². The third kappa shape index (κ3) is 4.20. The molecule has 0 heterocycles. The second-order valence-corrected chi connectivity index (χ2v) is 4.29. The predicted octanol–water partition coefficient (Wildman–Crippen LogP) is 2.61. The van der Waals surface area contributed by atoms with Crippen LogP contribution < -0.4 is 10.6 Å². The van der Waals surface area contributed by atoms with Crippen molar-refractivity contribution in [3.05, 3.63) is 28.7 Å². The lowest BCUT2D eigenvalue weighted by Crippen LogP contribution is -2.38. The molecular weight excluding hydrogens is 272 g/mol. The number of nitrogens with one attached hydrogen (secondary N) is 2. The summed E-state index contributed by atoms with van der Waals surface area (Å²) in [5, 5.41) is 5.51. The minimum atomic E-state index is -0.239. The van der Waals surface area contributed by atoms with Crippen molar-refractivity contribution in [3.63, 3.8) is 0 Å². The maximum Gasteiger partial charge on any atom is 0.319 e. The van der Waals surface area contributed by atoms with E-state index < -0.39 is 0 Å². The number of hydrogen-bond acceptors (Lipinski definition) is 2. The fraction of sp³-hybridized carbons (Fsp3) is 0.364. The summed E-state index contributed by atoms with van der Waals surface area (Å²) in [4.78, 5) is 11.6. The smallest absolute Gasteiger partial charge is 0.319 e. The monoisotopic (exact) mass is 286 g/mol. The first-order valence-electron chi connectivity index (χ1n) is 4.94. The minimum absolute atomic E-state index is 0.0208. The second kappa shape index (κ2) is 6.50. The average molecular weight is 287 g/mol. The first kappa shape index (κ1) is 13.0. The SMILES string of the molecule is COCC(C)NC(=O)Nc1ccccc1Br. The summed E-state index contributed by atoms with van der Waals surface area (Å²) in [6.45, 7) is 2.37. The van der Waals surface area contributed by atoms with E-state index >= 15 is 0 Å². The van der Waals surface area contributed by atoms with Gasteiger partial charge in [0.15, 0.2) is 0 Å². The van der Waals surface area contributed by atoms with Gasteiger partial charge in [0.2, 0.25) is 0 Å². The summed E-state index contributed by atoms with van der Waals surface area (Å²) >= 11 is 3.35. The zero-order chi connectivity index (χ0) is 12.0. The van der Waals surface area contributed by atoms with E-state index in [1.807, 2.05) is 31.2 Å². The highest BCUT2D eigenvalue weighted by Crippen LogP contribution is 2.20. The van der Waals surface area contributed by atoms with Crippen molar-refractivity contribution in [2.24, 2.45) is 0 Å². The Morgan fingerprint density at radius 1 is 1.50 bits per heavy atom. The minimum Gasteiger partial charge on any atom is -0.383 e. The Morgan fingerprint density at radius 3 is 2.81 bits per heavy atom. The van der Waals surface area contributed by atoms with Gasteiger partial charge in [-0.25, -0.2) is 4.79 Å². The van der Waals surface area contributed by atoms with Gasteiger partial charge < -0.3 is 15.4 Å². The highest BCUT2D eigenvalue weighted by molar-refractivity contribution is 9.10. The number of para-hydroxylation sites is 1. The zero-order valence-corrected chi connectivity index (χ0v) is 10.9. The lowest BCUT2D eigenvalue weighted by atomic mass is 10.3. The van der Waals surface area contributed by atoms with Crippen molar-refractivity contribution in [1.29, 1.82) is 0 Å². The van der Waals surface area contributed by atoms with E-state index in [1.54, 1.807) is 7.11 Å². The summed E-state index contributed by atoms with van der Waals surface area (Å²) in [6.07, 6.45) is 0. The van der Waals surface area contributed by atoms with Gasteiger partial charge in [-0.15, -0.1) is 0 Å². The van der Waals surface area contributed by atoms with E-state index in [9.17, 15) is 4.79 Å². The summed E-state index contributed by atoms with van der Waals surface area (Å²) in [5.74, 6) is 0. The maximum absolute atomic E-state index is 11.6. The van der Waals surface area contributed by atoms with Gasteiger partial charge in [0, 0.05) is 11.6 Å². The molecule has 0 aliphatic rings. The van der Waals surface area contributed by atoms with Crippen molar-refractivity contribution in [2.45, 2.75) is 13.0 Å². The van der Waals surface area contributed by atoms with E-state index in [2.05, 4.69) is 26.6 Å². The quantitative estimate of drug-likeness (QED) is 0.894. The van der Waals surface area contributed by atoms with Crippen LogP contribution in [-0.4, -0.2) is 25.8 Å². The Morgan fingerprint density at radius 2 is 2.19 bits per heavy atom. The van der Waals surface area contributed by atoms with Gasteiger partial charge in [-0.3, -0.25) is 0 Å². The molecule has 5 heteroatoms. The number of hydrogen-bond donors (Lipinski definition) is 2. The maximum atomic E-state index is 11.6. The molecule has 1 aromatic carbocycles. The molecule has 0 bridgehead atoms. The molecule has 2 N–H and O–H groups in total. The van der Waals surface area contributed by atoms with E-state index in [0.717, 1.165) is 10.2 Å². The molecule has 16 heavy (non-hydrogen) atoms. The predicted molar refractivity (Wildman–Crippen MR) is 67.6 cm³/mol. The van der Waals surface area contributed by atoms with Crippen LogP contribution in [0.25, 0.3) is 0 Å². The lowest BCUT2D eigenvalue weighted by Gasteiger charge is -2.14. The second-order valence-electron chi connectivity index (χ2n) is 3.43. The molecule has 0 radical (unpaired) electrons. The van der Waals surface area contributed by atoms with Crippen LogP contribution in [0.5, 0.6) is 0 Å². The van der Waals surface area contributed by atoms with Crippen LogP contribution in [0.3, 0.4) is 0 Å². The van der Waals surface area contributed by atoms with Gasteiger partial charge in [-0.2, -0.15) is 0 Å². The molecule has 2 amide bonds. The molecule has 0 aliphatic carbocycles. The van der Waals surface area contributed by atoms with Crippen LogP contribution in [0, 0.1) is 0 Å².